The maximum Gasteiger partial charge on any atom is 0.222 e. The minimum Gasteiger partial charge on any atom is -0.341 e. The molecule has 1 heterocycles. The molecule has 0 aromatic rings. The maximum atomic E-state index is 11.1. The summed E-state index contributed by atoms with van der Waals surface area (Å²) in [7, 11) is 5.97. The van der Waals surface area contributed by atoms with Crippen LogP contribution in [0.15, 0.2) is 0 Å². The van der Waals surface area contributed by atoms with Crippen LogP contribution < -0.4 is 0 Å². The van der Waals surface area contributed by atoms with E-state index in [0.29, 0.717) is 6.04 Å². The van der Waals surface area contributed by atoms with Crippen LogP contribution in [-0.2, 0) is 4.79 Å². The van der Waals surface area contributed by atoms with Crippen molar-refractivity contribution in [3.63, 3.8) is 0 Å². The van der Waals surface area contributed by atoms with Gasteiger partial charge in [-0.05, 0) is 20.5 Å². The second-order valence-corrected chi connectivity index (χ2v) is 3.46. The average Bonchev–Trinajstić information content (AvgIpc) is 2.39. The van der Waals surface area contributed by atoms with Crippen molar-refractivity contribution < 1.29 is 4.79 Å². The van der Waals surface area contributed by atoms with Gasteiger partial charge in [0.1, 0.15) is 0 Å². The number of carbonyl (C=O) groups excluding carboxylic acids is 1. The lowest BCUT2D eigenvalue weighted by atomic mass is 10.2. The normalized spacial score (nSPS) is 21.8. The zero-order valence-corrected chi connectivity index (χ0v) is 9.50. The van der Waals surface area contributed by atoms with Gasteiger partial charge >= 0.3 is 0 Å². The van der Waals surface area contributed by atoms with Crippen molar-refractivity contribution in [2.75, 3.05) is 27.7 Å². The molecule has 0 spiro atoms. The zero-order valence-electron chi connectivity index (χ0n) is 9.50. The predicted octanol–water partition coefficient (Wildman–Crippen LogP) is 1.20. The van der Waals surface area contributed by atoms with Crippen molar-refractivity contribution in [1.82, 2.24) is 9.80 Å². The summed E-state index contributed by atoms with van der Waals surface area (Å²) in [6.45, 7) is 4.99. The van der Waals surface area contributed by atoms with Crippen LogP contribution in [0.4, 0.5) is 0 Å². The summed E-state index contributed by atoms with van der Waals surface area (Å²) in [4.78, 5) is 15.1. The van der Waals surface area contributed by atoms with Crippen LogP contribution in [0.1, 0.15) is 26.7 Å². The number of likely N-dealkylation sites (N-methyl/N-ethyl adjacent to an activating group) is 2. The van der Waals surface area contributed by atoms with E-state index < -0.39 is 0 Å². The summed E-state index contributed by atoms with van der Waals surface area (Å²) in [5.41, 5.74) is 0. The third-order valence-electron chi connectivity index (χ3n) is 2.21. The van der Waals surface area contributed by atoms with E-state index in [0.717, 1.165) is 19.4 Å². The minimum atomic E-state index is 0.289. The minimum absolute atomic E-state index is 0.289. The summed E-state index contributed by atoms with van der Waals surface area (Å²) < 4.78 is 0. The van der Waals surface area contributed by atoms with Crippen LogP contribution in [0.5, 0.6) is 0 Å². The molecule has 0 N–H and O–H groups in total. The summed E-state index contributed by atoms with van der Waals surface area (Å²) in [5.74, 6) is 0.289. The molecule has 0 aromatic heterocycles. The fourth-order valence-electron chi connectivity index (χ4n) is 1.50. The Morgan fingerprint density at radius 1 is 1.46 bits per heavy atom. The Morgan fingerprint density at radius 2 is 2.00 bits per heavy atom. The van der Waals surface area contributed by atoms with E-state index in [-0.39, 0.29) is 5.91 Å². The Bertz CT molecular complexity index is 157. The number of hydrogen-bond donors (Lipinski definition) is 0. The quantitative estimate of drug-likeness (QED) is 0.647. The molecule has 0 unspecified atom stereocenters. The highest BCUT2D eigenvalue weighted by Crippen LogP contribution is 2.16. The first-order chi connectivity index (χ1) is 6.11. The molecule has 1 amide bonds. The Labute approximate surface area is 81.7 Å². The molecule has 1 saturated heterocycles. The van der Waals surface area contributed by atoms with Crippen LogP contribution in [0.2, 0.25) is 0 Å². The molecule has 1 fully saturated rings. The number of carbonyl (C=O) groups is 1. The van der Waals surface area contributed by atoms with E-state index >= 15 is 0 Å². The van der Waals surface area contributed by atoms with E-state index in [1.807, 2.05) is 39.9 Å². The highest BCUT2D eigenvalue weighted by atomic mass is 16.2. The summed E-state index contributed by atoms with van der Waals surface area (Å²) in [5, 5.41) is 0. The van der Waals surface area contributed by atoms with Gasteiger partial charge in [0, 0.05) is 26.1 Å². The van der Waals surface area contributed by atoms with Crippen LogP contribution in [-0.4, -0.2) is 49.4 Å². The third-order valence-corrected chi connectivity index (χ3v) is 2.21. The second-order valence-electron chi connectivity index (χ2n) is 3.46. The van der Waals surface area contributed by atoms with Crippen molar-refractivity contribution in [2.45, 2.75) is 32.7 Å². The molecule has 1 atom stereocenters. The molecule has 0 aliphatic carbocycles. The van der Waals surface area contributed by atoms with E-state index in [1.165, 1.54) is 0 Å². The second kappa shape index (κ2) is 5.97. The lowest BCUT2D eigenvalue weighted by Crippen LogP contribution is -2.36. The topological polar surface area (TPSA) is 23.6 Å². The van der Waals surface area contributed by atoms with Crippen molar-refractivity contribution in [3.05, 3.63) is 0 Å². The average molecular weight is 186 g/mol. The summed E-state index contributed by atoms with van der Waals surface area (Å²) in [6.07, 6.45) is 1.75. The Hall–Kier alpha value is -0.570. The molecular weight excluding hydrogens is 164 g/mol. The molecule has 3 heteroatoms. The number of likely N-dealkylation sites (tertiary alicyclic amines) is 1. The highest BCUT2D eigenvalue weighted by Gasteiger charge is 2.27. The van der Waals surface area contributed by atoms with Gasteiger partial charge < -0.3 is 9.80 Å². The van der Waals surface area contributed by atoms with Gasteiger partial charge in [-0.25, -0.2) is 0 Å². The first kappa shape index (κ1) is 12.4. The molecule has 1 rings (SSSR count). The van der Waals surface area contributed by atoms with E-state index in [9.17, 15) is 4.79 Å². The van der Waals surface area contributed by atoms with E-state index in [2.05, 4.69) is 4.90 Å². The molecule has 0 aromatic carbocycles. The zero-order chi connectivity index (χ0) is 10.4. The fraction of sp³-hybridized carbons (Fsp3) is 0.900. The number of rotatable bonds is 2. The lowest BCUT2D eigenvalue weighted by molar-refractivity contribution is -0.127. The molecule has 0 saturated carbocycles. The van der Waals surface area contributed by atoms with Gasteiger partial charge in [-0.1, -0.05) is 13.8 Å². The molecular formula is C10H22N2O. The van der Waals surface area contributed by atoms with Gasteiger partial charge in [-0.3, -0.25) is 4.79 Å². The van der Waals surface area contributed by atoms with Gasteiger partial charge in [0.25, 0.3) is 0 Å². The van der Waals surface area contributed by atoms with Crippen LogP contribution in [0, 0.1) is 0 Å². The molecule has 1 aliphatic heterocycles. The molecule has 1 aliphatic rings. The van der Waals surface area contributed by atoms with Gasteiger partial charge in [0.05, 0.1) is 0 Å². The summed E-state index contributed by atoms with van der Waals surface area (Å²) in [6, 6.07) is 0.442. The molecule has 13 heavy (non-hydrogen) atoms. The largest absolute Gasteiger partial charge is 0.341 e. The lowest BCUT2D eigenvalue weighted by Gasteiger charge is -2.22. The SMILES string of the molecule is CC.CN(C)C[C@H]1CCC(=O)N1C. The predicted molar refractivity (Wildman–Crippen MR) is 55.7 cm³/mol. The molecule has 3 nitrogen and oxygen atoms in total. The molecule has 0 bridgehead atoms. The van der Waals surface area contributed by atoms with Crippen molar-refractivity contribution in [3.8, 4) is 0 Å². The highest BCUT2D eigenvalue weighted by molar-refractivity contribution is 5.78. The summed E-state index contributed by atoms with van der Waals surface area (Å²) >= 11 is 0. The number of nitrogens with zero attached hydrogens (tertiary/aromatic N) is 2. The fourth-order valence-corrected chi connectivity index (χ4v) is 1.50. The van der Waals surface area contributed by atoms with Crippen LogP contribution >= 0.6 is 0 Å². The van der Waals surface area contributed by atoms with Crippen molar-refractivity contribution >= 4 is 5.91 Å². The first-order valence-corrected chi connectivity index (χ1v) is 5.01. The first-order valence-electron chi connectivity index (χ1n) is 5.01. The van der Waals surface area contributed by atoms with Crippen LogP contribution in [0.25, 0.3) is 0 Å². The maximum absolute atomic E-state index is 11.1. The van der Waals surface area contributed by atoms with Gasteiger partial charge in [0.2, 0.25) is 5.91 Å². The number of amides is 1. The number of hydrogen-bond acceptors (Lipinski definition) is 2. The van der Waals surface area contributed by atoms with Crippen molar-refractivity contribution in [2.24, 2.45) is 0 Å². The smallest absolute Gasteiger partial charge is 0.222 e. The van der Waals surface area contributed by atoms with E-state index in [4.69, 9.17) is 0 Å². The van der Waals surface area contributed by atoms with E-state index in [1.54, 1.807) is 0 Å². The molecule has 0 radical (unpaired) electrons. The Morgan fingerprint density at radius 3 is 2.31 bits per heavy atom. The van der Waals surface area contributed by atoms with Gasteiger partial charge in [0.15, 0.2) is 0 Å². The van der Waals surface area contributed by atoms with Gasteiger partial charge in [-0.15, -0.1) is 0 Å². The van der Waals surface area contributed by atoms with Crippen molar-refractivity contribution in [1.29, 1.82) is 0 Å². The van der Waals surface area contributed by atoms with Crippen LogP contribution in [0.3, 0.4) is 0 Å². The molecule has 78 valence electrons. The third kappa shape index (κ3) is 3.77. The standard InChI is InChI=1S/C8H16N2O.C2H6/c1-9(2)6-7-4-5-8(11)10(7)3;1-2/h7H,4-6H2,1-3H3;1-2H3/t7-;/m1./s1. The Balaban J connectivity index is 0.000000671. The van der Waals surface area contributed by atoms with Gasteiger partial charge in [-0.2, -0.15) is 0 Å². The Kier molecular flexibility index (Phi) is 5.71. The monoisotopic (exact) mass is 186 g/mol.